The Balaban J connectivity index is 2.09. The molecule has 0 fully saturated rings. The first-order valence-corrected chi connectivity index (χ1v) is 7.64. The normalized spacial score (nSPS) is 14.1. The summed E-state index contributed by atoms with van der Waals surface area (Å²) in [7, 11) is 3.66. The van der Waals surface area contributed by atoms with Gasteiger partial charge >= 0.3 is 0 Å². The molecule has 2 aromatic rings. The van der Waals surface area contributed by atoms with Crippen molar-refractivity contribution in [2.45, 2.75) is 22.6 Å². The second kappa shape index (κ2) is 6.88. The quantitative estimate of drug-likeness (QED) is 0.830. The summed E-state index contributed by atoms with van der Waals surface area (Å²) in [5, 5.41) is 3.73. The Morgan fingerprint density at radius 3 is 2.58 bits per heavy atom. The molecule has 0 amide bonds. The molecule has 102 valence electrons. The summed E-state index contributed by atoms with van der Waals surface area (Å²) in [6.45, 7) is 2.19. The smallest absolute Gasteiger partial charge is 0.170 e. The lowest BCUT2D eigenvalue weighted by Gasteiger charge is -2.22. The van der Waals surface area contributed by atoms with Crippen LogP contribution in [-0.2, 0) is 0 Å². The summed E-state index contributed by atoms with van der Waals surface area (Å²) < 4.78 is 10.2. The molecule has 2 unspecified atom stereocenters. The number of nitrogens with one attached hydrogen (secondary N) is 1. The van der Waals surface area contributed by atoms with Gasteiger partial charge in [0.15, 0.2) is 4.34 Å². The predicted molar refractivity (Wildman–Crippen MR) is 80.0 cm³/mol. The second-order valence-electron chi connectivity index (χ2n) is 4.07. The number of thioether (sulfide) groups is 1. The molecule has 19 heavy (non-hydrogen) atoms. The van der Waals surface area contributed by atoms with Crippen LogP contribution in [0.4, 0.5) is 0 Å². The van der Waals surface area contributed by atoms with Crippen LogP contribution in [0.25, 0.3) is 0 Å². The third kappa shape index (κ3) is 3.68. The van der Waals surface area contributed by atoms with E-state index in [4.69, 9.17) is 4.74 Å². The topological polar surface area (TPSA) is 47.0 Å². The fourth-order valence-corrected chi connectivity index (χ4v) is 3.82. The van der Waals surface area contributed by atoms with Crippen LogP contribution in [0.1, 0.15) is 18.5 Å². The highest BCUT2D eigenvalue weighted by Gasteiger charge is 2.19. The summed E-state index contributed by atoms with van der Waals surface area (Å²) in [5.41, 5.74) is 1.24. The van der Waals surface area contributed by atoms with Crippen LogP contribution in [0.2, 0.25) is 0 Å². The summed E-state index contributed by atoms with van der Waals surface area (Å²) in [4.78, 5) is 4.22. The molecule has 0 spiro atoms. The van der Waals surface area contributed by atoms with E-state index in [0.29, 0.717) is 5.25 Å². The van der Waals surface area contributed by atoms with Crippen molar-refractivity contribution in [3.05, 3.63) is 36.2 Å². The molecule has 0 aliphatic rings. The maximum Gasteiger partial charge on any atom is 0.170 e. The van der Waals surface area contributed by atoms with Gasteiger partial charge in [0.25, 0.3) is 0 Å². The Kier molecular flexibility index (Phi) is 5.18. The van der Waals surface area contributed by atoms with Crippen LogP contribution >= 0.6 is 23.3 Å². The summed E-state index contributed by atoms with van der Waals surface area (Å²) in [6, 6.07) is 8.43. The molecule has 1 aromatic carbocycles. The molecule has 0 radical (unpaired) electrons. The fraction of sp³-hybridized carbons (Fsp3) is 0.385. The lowest BCUT2D eigenvalue weighted by atomic mass is 10.0. The van der Waals surface area contributed by atoms with Crippen LogP contribution in [0.5, 0.6) is 5.75 Å². The molecule has 4 nitrogen and oxygen atoms in total. The maximum atomic E-state index is 5.19. The zero-order valence-electron chi connectivity index (χ0n) is 11.2. The van der Waals surface area contributed by atoms with E-state index >= 15 is 0 Å². The van der Waals surface area contributed by atoms with E-state index in [9.17, 15) is 0 Å². The molecule has 0 saturated heterocycles. The minimum atomic E-state index is 0.264. The van der Waals surface area contributed by atoms with E-state index in [1.807, 2.05) is 19.2 Å². The molecule has 6 heteroatoms. The molecule has 1 aromatic heterocycles. The number of nitrogens with zero attached hydrogens (tertiary/aromatic N) is 2. The number of benzene rings is 1. The second-order valence-corrected chi connectivity index (χ2v) is 6.47. The molecule has 0 aliphatic heterocycles. The largest absolute Gasteiger partial charge is 0.497 e. The third-order valence-corrected chi connectivity index (χ3v) is 4.81. The summed E-state index contributed by atoms with van der Waals surface area (Å²) >= 11 is 3.17. The van der Waals surface area contributed by atoms with E-state index in [1.54, 1.807) is 25.2 Å². The zero-order valence-corrected chi connectivity index (χ0v) is 12.8. The van der Waals surface area contributed by atoms with E-state index in [1.165, 1.54) is 17.1 Å². The molecule has 0 bridgehead atoms. The molecule has 2 rings (SSSR count). The van der Waals surface area contributed by atoms with E-state index < -0.39 is 0 Å². The van der Waals surface area contributed by atoms with Gasteiger partial charge in [-0.1, -0.05) is 30.8 Å². The van der Waals surface area contributed by atoms with Crippen LogP contribution in [0, 0.1) is 0 Å². The molecular weight excluding hydrogens is 278 g/mol. The first-order chi connectivity index (χ1) is 9.24. The lowest BCUT2D eigenvalue weighted by Crippen LogP contribution is -2.25. The minimum Gasteiger partial charge on any atom is -0.497 e. The molecule has 0 saturated carbocycles. The van der Waals surface area contributed by atoms with Gasteiger partial charge in [-0.25, -0.2) is 4.98 Å². The Hall–Kier alpha value is -1.11. The highest BCUT2D eigenvalue weighted by Crippen LogP contribution is 2.32. The molecular formula is C13H17N3OS2. The van der Waals surface area contributed by atoms with Gasteiger partial charge in [0.2, 0.25) is 0 Å². The number of ether oxygens (including phenoxy) is 1. The van der Waals surface area contributed by atoms with E-state index in [-0.39, 0.29) is 6.04 Å². The number of aromatic nitrogens is 2. The number of hydrogen-bond donors (Lipinski definition) is 1. The van der Waals surface area contributed by atoms with Crippen LogP contribution < -0.4 is 10.1 Å². The van der Waals surface area contributed by atoms with Crippen molar-refractivity contribution in [3.8, 4) is 5.75 Å². The highest BCUT2D eigenvalue weighted by molar-refractivity contribution is 8.01. The van der Waals surface area contributed by atoms with E-state index in [2.05, 4.69) is 33.7 Å². The Bertz CT molecular complexity index is 487. The predicted octanol–water partition coefficient (Wildman–Crippen LogP) is 2.99. The monoisotopic (exact) mass is 295 g/mol. The number of methoxy groups -OCH3 is 1. The molecule has 2 atom stereocenters. The maximum absolute atomic E-state index is 5.19. The van der Waals surface area contributed by atoms with Gasteiger partial charge in [-0.3, -0.25) is 0 Å². The van der Waals surface area contributed by atoms with Crippen molar-refractivity contribution in [2.75, 3.05) is 14.2 Å². The van der Waals surface area contributed by atoms with E-state index in [0.717, 1.165) is 10.1 Å². The van der Waals surface area contributed by atoms with Crippen molar-refractivity contribution < 1.29 is 4.74 Å². The average Bonchev–Trinajstić information content (AvgIpc) is 2.93. The number of hydrogen-bond acceptors (Lipinski definition) is 6. The molecule has 0 aliphatic carbocycles. The molecule has 1 heterocycles. The SMILES string of the molecule is CNC(c1ccc(OC)cc1)C(C)Sc1ncns1. The lowest BCUT2D eigenvalue weighted by molar-refractivity contribution is 0.414. The van der Waals surface area contributed by atoms with Gasteiger partial charge in [-0.15, -0.1) is 0 Å². The van der Waals surface area contributed by atoms with Crippen LogP contribution in [0.15, 0.2) is 34.9 Å². The number of rotatable bonds is 6. The highest BCUT2D eigenvalue weighted by atomic mass is 32.2. The van der Waals surface area contributed by atoms with Crippen LogP contribution in [-0.4, -0.2) is 28.8 Å². The van der Waals surface area contributed by atoms with Crippen molar-refractivity contribution in [1.82, 2.24) is 14.7 Å². The minimum absolute atomic E-state index is 0.264. The van der Waals surface area contributed by atoms with Gasteiger partial charge in [0.05, 0.1) is 7.11 Å². The summed E-state index contributed by atoms with van der Waals surface area (Å²) in [6.07, 6.45) is 1.60. The average molecular weight is 295 g/mol. The fourth-order valence-electron chi connectivity index (χ4n) is 1.93. The van der Waals surface area contributed by atoms with Crippen molar-refractivity contribution >= 4 is 23.3 Å². The Morgan fingerprint density at radius 1 is 1.32 bits per heavy atom. The van der Waals surface area contributed by atoms with Crippen molar-refractivity contribution in [3.63, 3.8) is 0 Å². The van der Waals surface area contributed by atoms with Gasteiger partial charge < -0.3 is 10.1 Å². The standard InChI is InChI=1S/C13H17N3OS2/c1-9(18-13-15-8-16-19-13)12(14-2)10-4-6-11(17-3)7-5-10/h4-9,12,14H,1-3H3. The summed E-state index contributed by atoms with van der Waals surface area (Å²) in [5.74, 6) is 0.878. The third-order valence-electron chi connectivity index (χ3n) is 2.88. The Morgan fingerprint density at radius 2 is 2.05 bits per heavy atom. The first kappa shape index (κ1) is 14.3. The van der Waals surface area contributed by atoms with Gasteiger partial charge in [0.1, 0.15) is 12.1 Å². The molecule has 1 N–H and O–H groups in total. The van der Waals surface area contributed by atoms with Crippen molar-refractivity contribution in [2.24, 2.45) is 0 Å². The van der Waals surface area contributed by atoms with Gasteiger partial charge in [-0.05, 0) is 36.3 Å². The Labute approximate surface area is 121 Å². The zero-order chi connectivity index (χ0) is 13.7. The van der Waals surface area contributed by atoms with Crippen molar-refractivity contribution in [1.29, 1.82) is 0 Å². The van der Waals surface area contributed by atoms with Crippen LogP contribution in [0.3, 0.4) is 0 Å². The van der Waals surface area contributed by atoms with Gasteiger partial charge in [0, 0.05) is 11.3 Å². The van der Waals surface area contributed by atoms with Gasteiger partial charge in [-0.2, -0.15) is 4.37 Å². The first-order valence-electron chi connectivity index (χ1n) is 5.99.